The van der Waals surface area contributed by atoms with Crippen LogP contribution in [0.4, 0.5) is 0 Å². The average Bonchev–Trinajstić information content (AvgIpc) is 2.60. The highest BCUT2D eigenvalue weighted by Gasteiger charge is 2.41. The zero-order valence-corrected chi connectivity index (χ0v) is 9.78. The second-order valence-electron chi connectivity index (χ2n) is 4.83. The Morgan fingerprint density at radius 1 is 1.50 bits per heavy atom. The van der Waals surface area contributed by atoms with Gasteiger partial charge in [-0.1, -0.05) is 0 Å². The van der Waals surface area contributed by atoms with Crippen molar-refractivity contribution in [3.8, 4) is 0 Å². The topological polar surface area (TPSA) is 58.6 Å². The smallest absolute Gasteiger partial charge is 0.245 e. The Balaban J connectivity index is 2.19. The van der Waals surface area contributed by atoms with Gasteiger partial charge in [-0.2, -0.15) is 0 Å². The van der Waals surface area contributed by atoms with Gasteiger partial charge in [0, 0.05) is 19.6 Å². The molecule has 2 atom stereocenters. The molecular weight excluding hydrogens is 208 g/mol. The van der Waals surface area contributed by atoms with E-state index in [-0.39, 0.29) is 17.4 Å². The fourth-order valence-electron chi connectivity index (χ4n) is 2.34. The number of amides is 2. The number of hydrogen-bond acceptors (Lipinski definition) is 3. The van der Waals surface area contributed by atoms with Gasteiger partial charge >= 0.3 is 0 Å². The van der Waals surface area contributed by atoms with Crippen LogP contribution >= 0.6 is 0 Å². The molecule has 16 heavy (non-hydrogen) atoms. The second kappa shape index (κ2) is 4.05. The maximum absolute atomic E-state index is 12.1. The molecule has 0 aromatic rings. The highest BCUT2D eigenvalue weighted by molar-refractivity contribution is 5.90. The Hall–Kier alpha value is -1.10. The predicted molar refractivity (Wildman–Crippen MR) is 57.8 cm³/mol. The van der Waals surface area contributed by atoms with Gasteiger partial charge in [0.1, 0.15) is 6.04 Å². The Kier molecular flexibility index (Phi) is 2.88. The van der Waals surface area contributed by atoms with E-state index in [4.69, 9.17) is 4.74 Å². The van der Waals surface area contributed by atoms with E-state index in [0.717, 1.165) is 6.42 Å². The van der Waals surface area contributed by atoms with Crippen molar-refractivity contribution >= 4 is 11.8 Å². The molecule has 2 heterocycles. The van der Waals surface area contributed by atoms with E-state index in [2.05, 4.69) is 5.32 Å². The summed E-state index contributed by atoms with van der Waals surface area (Å²) in [5, 5.41) is 2.69. The largest absolute Gasteiger partial charge is 0.379 e. The lowest BCUT2D eigenvalue weighted by molar-refractivity contribution is -0.138. The molecule has 5 heteroatoms. The van der Waals surface area contributed by atoms with Crippen LogP contribution in [0.3, 0.4) is 0 Å². The summed E-state index contributed by atoms with van der Waals surface area (Å²) in [4.78, 5) is 25.3. The zero-order valence-electron chi connectivity index (χ0n) is 9.78. The predicted octanol–water partition coefficient (Wildman–Crippen LogP) is -0.0976. The minimum atomic E-state index is -0.424. The van der Waals surface area contributed by atoms with Crippen molar-refractivity contribution in [3.05, 3.63) is 0 Å². The van der Waals surface area contributed by atoms with Crippen molar-refractivity contribution in [2.24, 2.45) is 0 Å². The standard InChI is InChI=1S/C11H18N2O3/c1-8-10(15)13(5-3-9(14)12-8)11(2)4-6-16-7-11/h8H,3-7H2,1-2H3,(H,12,14). The average molecular weight is 226 g/mol. The van der Waals surface area contributed by atoms with Crippen molar-refractivity contribution in [2.45, 2.75) is 38.3 Å². The molecule has 90 valence electrons. The first kappa shape index (κ1) is 11.4. The quantitative estimate of drug-likeness (QED) is 0.679. The highest BCUT2D eigenvalue weighted by Crippen LogP contribution is 2.27. The lowest BCUT2D eigenvalue weighted by Crippen LogP contribution is -2.54. The lowest BCUT2D eigenvalue weighted by Gasteiger charge is -2.37. The molecule has 5 nitrogen and oxygen atoms in total. The van der Waals surface area contributed by atoms with Crippen LogP contribution in [-0.2, 0) is 14.3 Å². The van der Waals surface area contributed by atoms with Crippen LogP contribution in [-0.4, -0.2) is 48.1 Å². The molecule has 0 bridgehead atoms. The van der Waals surface area contributed by atoms with Gasteiger partial charge in [0.25, 0.3) is 0 Å². The minimum Gasteiger partial charge on any atom is -0.379 e. The SMILES string of the molecule is CC1NC(=O)CCN(C2(C)CCOC2)C1=O. The summed E-state index contributed by atoms with van der Waals surface area (Å²) in [6.45, 7) is 5.52. The minimum absolute atomic E-state index is 0.00106. The molecule has 2 amide bonds. The fraction of sp³-hybridized carbons (Fsp3) is 0.818. The molecule has 0 spiro atoms. The van der Waals surface area contributed by atoms with Gasteiger partial charge in [-0.15, -0.1) is 0 Å². The summed E-state index contributed by atoms with van der Waals surface area (Å²) in [5.41, 5.74) is -0.238. The van der Waals surface area contributed by atoms with E-state index in [1.807, 2.05) is 11.8 Å². The molecule has 2 fully saturated rings. The number of rotatable bonds is 1. The summed E-state index contributed by atoms with van der Waals surface area (Å²) in [5.74, 6) is -0.0512. The van der Waals surface area contributed by atoms with E-state index in [1.165, 1.54) is 0 Å². The van der Waals surface area contributed by atoms with Crippen molar-refractivity contribution in [2.75, 3.05) is 19.8 Å². The molecule has 0 radical (unpaired) electrons. The van der Waals surface area contributed by atoms with Crippen LogP contribution in [0, 0.1) is 0 Å². The van der Waals surface area contributed by atoms with Crippen molar-refractivity contribution < 1.29 is 14.3 Å². The van der Waals surface area contributed by atoms with Gasteiger partial charge in [-0.05, 0) is 20.3 Å². The fourth-order valence-corrected chi connectivity index (χ4v) is 2.34. The maximum atomic E-state index is 12.1. The normalized spacial score (nSPS) is 36.1. The van der Waals surface area contributed by atoms with Gasteiger partial charge in [-0.25, -0.2) is 0 Å². The number of ether oxygens (including phenoxy) is 1. The molecular formula is C11H18N2O3. The van der Waals surface area contributed by atoms with Crippen molar-refractivity contribution in [1.29, 1.82) is 0 Å². The van der Waals surface area contributed by atoms with Crippen molar-refractivity contribution in [1.82, 2.24) is 10.2 Å². The first-order chi connectivity index (χ1) is 7.53. The Labute approximate surface area is 95.1 Å². The summed E-state index contributed by atoms with van der Waals surface area (Å²) in [7, 11) is 0. The van der Waals surface area contributed by atoms with Gasteiger partial charge in [-0.3, -0.25) is 9.59 Å². The van der Waals surface area contributed by atoms with Gasteiger partial charge < -0.3 is 15.0 Å². The van der Waals surface area contributed by atoms with E-state index in [9.17, 15) is 9.59 Å². The summed E-state index contributed by atoms with van der Waals surface area (Å²) >= 11 is 0. The number of carbonyl (C=O) groups is 2. The molecule has 2 aliphatic rings. The molecule has 2 saturated heterocycles. The third-order valence-electron chi connectivity index (χ3n) is 3.43. The van der Waals surface area contributed by atoms with Gasteiger partial charge in [0.05, 0.1) is 12.1 Å². The molecule has 0 saturated carbocycles. The van der Waals surface area contributed by atoms with Crippen LogP contribution in [0.1, 0.15) is 26.7 Å². The van der Waals surface area contributed by atoms with E-state index in [1.54, 1.807) is 6.92 Å². The maximum Gasteiger partial charge on any atom is 0.245 e. The number of nitrogens with one attached hydrogen (secondary N) is 1. The van der Waals surface area contributed by atoms with Crippen LogP contribution in [0.2, 0.25) is 0 Å². The van der Waals surface area contributed by atoms with E-state index < -0.39 is 6.04 Å². The molecule has 0 aromatic heterocycles. The molecule has 1 N–H and O–H groups in total. The van der Waals surface area contributed by atoms with Crippen LogP contribution in [0.25, 0.3) is 0 Å². The number of hydrogen-bond donors (Lipinski definition) is 1. The number of carbonyl (C=O) groups excluding carboxylic acids is 2. The third kappa shape index (κ3) is 1.91. The second-order valence-corrected chi connectivity index (χ2v) is 4.83. The molecule has 2 unspecified atom stereocenters. The van der Waals surface area contributed by atoms with Crippen LogP contribution in [0.15, 0.2) is 0 Å². The van der Waals surface area contributed by atoms with Gasteiger partial charge in [0.15, 0.2) is 0 Å². The Bertz CT molecular complexity index is 310. The lowest BCUT2D eigenvalue weighted by atomic mass is 9.98. The molecule has 0 aliphatic carbocycles. The van der Waals surface area contributed by atoms with Gasteiger partial charge in [0.2, 0.25) is 11.8 Å². The van der Waals surface area contributed by atoms with Crippen LogP contribution in [0.5, 0.6) is 0 Å². The monoisotopic (exact) mass is 226 g/mol. The third-order valence-corrected chi connectivity index (χ3v) is 3.43. The van der Waals surface area contributed by atoms with Crippen LogP contribution < -0.4 is 5.32 Å². The first-order valence-corrected chi connectivity index (χ1v) is 5.71. The molecule has 0 aromatic carbocycles. The first-order valence-electron chi connectivity index (χ1n) is 5.71. The molecule has 2 rings (SSSR count). The summed E-state index contributed by atoms with van der Waals surface area (Å²) in [6, 6.07) is -0.424. The Morgan fingerprint density at radius 3 is 2.88 bits per heavy atom. The zero-order chi connectivity index (χ0) is 11.8. The summed E-state index contributed by atoms with van der Waals surface area (Å²) in [6.07, 6.45) is 1.23. The highest BCUT2D eigenvalue weighted by atomic mass is 16.5. The Morgan fingerprint density at radius 2 is 2.25 bits per heavy atom. The summed E-state index contributed by atoms with van der Waals surface area (Å²) < 4.78 is 5.37. The van der Waals surface area contributed by atoms with Crippen molar-refractivity contribution in [3.63, 3.8) is 0 Å². The molecule has 2 aliphatic heterocycles. The van der Waals surface area contributed by atoms with E-state index in [0.29, 0.717) is 26.2 Å². The number of nitrogens with zero attached hydrogens (tertiary/aromatic N) is 1. The van der Waals surface area contributed by atoms with E-state index >= 15 is 0 Å².